The molecule has 0 saturated carbocycles. The molecular formula is C15H13NO3. The second-order valence-electron chi connectivity index (χ2n) is 3.91. The summed E-state index contributed by atoms with van der Waals surface area (Å²) >= 11 is 0. The summed E-state index contributed by atoms with van der Waals surface area (Å²) in [6.45, 7) is -0.0385. The first-order chi connectivity index (χ1) is 9.20. The third-order valence-electron chi connectivity index (χ3n) is 2.58. The summed E-state index contributed by atoms with van der Waals surface area (Å²) in [5, 5.41) is 0. The Labute approximate surface area is 110 Å². The lowest BCUT2D eigenvalue weighted by molar-refractivity contribution is 0.0734. The molecule has 4 nitrogen and oxygen atoms in total. The molecule has 0 aliphatic rings. The normalized spacial score (nSPS) is 9.95. The molecule has 0 radical (unpaired) electrons. The van der Waals surface area contributed by atoms with Gasteiger partial charge >= 0.3 is 5.97 Å². The van der Waals surface area contributed by atoms with E-state index in [9.17, 15) is 9.59 Å². The van der Waals surface area contributed by atoms with E-state index < -0.39 is 5.97 Å². The number of hydrogen-bond acceptors (Lipinski definition) is 4. The van der Waals surface area contributed by atoms with Crippen molar-refractivity contribution in [2.75, 3.05) is 6.54 Å². The van der Waals surface area contributed by atoms with Gasteiger partial charge in [-0.3, -0.25) is 4.79 Å². The van der Waals surface area contributed by atoms with E-state index in [0.717, 1.165) is 0 Å². The smallest absolute Gasteiger partial charge is 0.343 e. The van der Waals surface area contributed by atoms with Gasteiger partial charge in [-0.05, 0) is 36.4 Å². The van der Waals surface area contributed by atoms with Crippen molar-refractivity contribution in [3.8, 4) is 5.75 Å². The number of carbonyl (C=O) groups is 2. The number of nitrogens with two attached hydrogens (primary N) is 1. The zero-order chi connectivity index (χ0) is 13.7. The molecule has 2 rings (SSSR count). The highest BCUT2D eigenvalue weighted by Gasteiger charge is 2.08. The summed E-state index contributed by atoms with van der Waals surface area (Å²) in [5.41, 5.74) is 6.24. The van der Waals surface area contributed by atoms with E-state index in [1.807, 2.05) is 6.07 Å². The molecule has 4 heteroatoms. The van der Waals surface area contributed by atoms with Gasteiger partial charge in [0.2, 0.25) is 0 Å². The van der Waals surface area contributed by atoms with Crippen LogP contribution in [0.1, 0.15) is 20.7 Å². The summed E-state index contributed by atoms with van der Waals surface area (Å²) in [7, 11) is 0. The maximum atomic E-state index is 11.8. The van der Waals surface area contributed by atoms with Gasteiger partial charge < -0.3 is 10.5 Å². The summed E-state index contributed by atoms with van der Waals surface area (Å²) in [5.74, 6) is -0.193. The van der Waals surface area contributed by atoms with Gasteiger partial charge in [-0.1, -0.05) is 18.2 Å². The molecule has 0 aliphatic carbocycles. The van der Waals surface area contributed by atoms with Crippen LogP contribution in [0, 0.1) is 0 Å². The van der Waals surface area contributed by atoms with Gasteiger partial charge in [-0.25, -0.2) is 4.79 Å². The summed E-state index contributed by atoms with van der Waals surface area (Å²) in [6.07, 6.45) is 0. The SMILES string of the molecule is NCC(=O)c1ccc(OC(=O)c2ccccc2)cc1. The van der Waals surface area contributed by atoms with Crippen LogP contribution < -0.4 is 10.5 Å². The molecule has 0 bridgehead atoms. The number of esters is 1. The van der Waals surface area contributed by atoms with E-state index >= 15 is 0 Å². The van der Waals surface area contributed by atoms with Crippen molar-refractivity contribution in [2.24, 2.45) is 5.73 Å². The zero-order valence-electron chi connectivity index (χ0n) is 10.2. The first-order valence-corrected chi connectivity index (χ1v) is 5.81. The number of Topliss-reactive ketones (excluding diaryl/α,β-unsaturated/α-hetero) is 1. The minimum atomic E-state index is -0.432. The highest BCUT2D eigenvalue weighted by Crippen LogP contribution is 2.14. The summed E-state index contributed by atoms with van der Waals surface area (Å²) in [4.78, 5) is 23.1. The molecule has 0 saturated heterocycles. The van der Waals surface area contributed by atoms with Gasteiger partial charge in [0.15, 0.2) is 5.78 Å². The van der Waals surface area contributed by atoms with E-state index in [4.69, 9.17) is 10.5 Å². The van der Waals surface area contributed by atoms with E-state index in [1.165, 1.54) is 0 Å². The van der Waals surface area contributed by atoms with Gasteiger partial charge in [0.1, 0.15) is 5.75 Å². The van der Waals surface area contributed by atoms with Crippen LogP contribution >= 0.6 is 0 Å². The van der Waals surface area contributed by atoms with Crippen molar-refractivity contribution in [1.82, 2.24) is 0 Å². The van der Waals surface area contributed by atoms with Crippen molar-refractivity contribution in [3.05, 3.63) is 65.7 Å². The second kappa shape index (κ2) is 5.93. The number of rotatable bonds is 4. The first kappa shape index (κ1) is 13.0. The molecule has 0 unspecified atom stereocenters. The number of benzene rings is 2. The molecule has 0 spiro atoms. The zero-order valence-corrected chi connectivity index (χ0v) is 10.2. The van der Waals surface area contributed by atoms with Gasteiger partial charge in [0.05, 0.1) is 12.1 Å². The molecule has 2 aromatic rings. The monoisotopic (exact) mass is 255 g/mol. The fourth-order valence-corrected chi connectivity index (χ4v) is 1.57. The fraction of sp³-hybridized carbons (Fsp3) is 0.0667. The lowest BCUT2D eigenvalue weighted by Crippen LogP contribution is -2.13. The molecule has 0 aromatic heterocycles. The Morgan fingerprint density at radius 2 is 1.53 bits per heavy atom. The minimum absolute atomic E-state index is 0.0385. The molecule has 0 fully saturated rings. The average molecular weight is 255 g/mol. The molecule has 0 amide bonds. The molecule has 96 valence electrons. The Balaban J connectivity index is 2.08. The number of ether oxygens (including phenoxy) is 1. The maximum Gasteiger partial charge on any atom is 0.343 e. The highest BCUT2D eigenvalue weighted by molar-refractivity contribution is 5.97. The van der Waals surface area contributed by atoms with Crippen LogP contribution in [0.5, 0.6) is 5.75 Å². The predicted molar refractivity (Wildman–Crippen MR) is 71.2 cm³/mol. The molecule has 19 heavy (non-hydrogen) atoms. The first-order valence-electron chi connectivity index (χ1n) is 5.81. The number of hydrogen-bond donors (Lipinski definition) is 1. The quantitative estimate of drug-likeness (QED) is 0.515. The average Bonchev–Trinajstić information content (AvgIpc) is 2.48. The standard InChI is InChI=1S/C15H13NO3/c16-10-14(17)11-6-8-13(9-7-11)19-15(18)12-4-2-1-3-5-12/h1-9H,10,16H2. The largest absolute Gasteiger partial charge is 0.423 e. The van der Waals surface area contributed by atoms with Gasteiger partial charge in [-0.2, -0.15) is 0 Å². The number of carbonyl (C=O) groups excluding carboxylic acids is 2. The van der Waals surface area contributed by atoms with Crippen LogP contribution in [-0.4, -0.2) is 18.3 Å². The minimum Gasteiger partial charge on any atom is -0.423 e. The maximum absolute atomic E-state index is 11.8. The van der Waals surface area contributed by atoms with Crippen LogP contribution in [0.2, 0.25) is 0 Å². The Morgan fingerprint density at radius 3 is 2.11 bits per heavy atom. The topological polar surface area (TPSA) is 69.4 Å². The van der Waals surface area contributed by atoms with E-state index in [0.29, 0.717) is 16.9 Å². The molecule has 0 heterocycles. The van der Waals surface area contributed by atoms with Crippen molar-refractivity contribution in [3.63, 3.8) is 0 Å². The number of ketones is 1. The van der Waals surface area contributed by atoms with Crippen LogP contribution in [0.4, 0.5) is 0 Å². The Kier molecular flexibility index (Phi) is 4.05. The van der Waals surface area contributed by atoms with Crippen LogP contribution in [0.15, 0.2) is 54.6 Å². The Bertz CT molecular complexity index is 576. The van der Waals surface area contributed by atoms with Crippen molar-refractivity contribution < 1.29 is 14.3 Å². The van der Waals surface area contributed by atoms with Crippen LogP contribution in [0.3, 0.4) is 0 Å². The Morgan fingerprint density at radius 1 is 0.895 bits per heavy atom. The van der Waals surface area contributed by atoms with Crippen LogP contribution in [-0.2, 0) is 0 Å². The van der Waals surface area contributed by atoms with Crippen LogP contribution in [0.25, 0.3) is 0 Å². The Hall–Kier alpha value is -2.46. The highest BCUT2D eigenvalue weighted by atomic mass is 16.5. The molecule has 0 atom stereocenters. The second-order valence-corrected chi connectivity index (χ2v) is 3.91. The van der Waals surface area contributed by atoms with Gasteiger partial charge in [0.25, 0.3) is 0 Å². The third kappa shape index (κ3) is 3.26. The van der Waals surface area contributed by atoms with Crippen molar-refractivity contribution in [1.29, 1.82) is 0 Å². The predicted octanol–water partition coefficient (Wildman–Crippen LogP) is 2.05. The fourth-order valence-electron chi connectivity index (χ4n) is 1.57. The van der Waals surface area contributed by atoms with Crippen molar-refractivity contribution in [2.45, 2.75) is 0 Å². The molecule has 2 N–H and O–H groups in total. The lowest BCUT2D eigenvalue weighted by atomic mass is 10.1. The van der Waals surface area contributed by atoms with E-state index in [1.54, 1.807) is 48.5 Å². The van der Waals surface area contributed by atoms with Gasteiger partial charge in [-0.15, -0.1) is 0 Å². The molecular weight excluding hydrogens is 242 g/mol. The van der Waals surface area contributed by atoms with E-state index in [-0.39, 0.29) is 12.3 Å². The lowest BCUT2D eigenvalue weighted by Gasteiger charge is -2.05. The van der Waals surface area contributed by atoms with Crippen molar-refractivity contribution >= 4 is 11.8 Å². The summed E-state index contributed by atoms with van der Waals surface area (Å²) in [6, 6.07) is 15.0. The van der Waals surface area contributed by atoms with E-state index in [2.05, 4.69) is 0 Å². The molecule has 2 aromatic carbocycles. The van der Waals surface area contributed by atoms with Gasteiger partial charge in [0, 0.05) is 5.56 Å². The molecule has 0 aliphatic heterocycles. The summed E-state index contributed by atoms with van der Waals surface area (Å²) < 4.78 is 5.19. The third-order valence-corrected chi connectivity index (χ3v) is 2.58.